The van der Waals surface area contributed by atoms with E-state index in [2.05, 4.69) is 26.1 Å². The number of hydrogen-bond acceptors (Lipinski definition) is 3. The molecule has 1 N–H and O–H groups in total. The fourth-order valence-corrected chi connectivity index (χ4v) is 3.41. The maximum absolute atomic E-state index is 13.0. The van der Waals surface area contributed by atoms with Crippen molar-refractivity contribution in [2.45, 2.75) is 72.1 Å². The summed E-state index contributed by atoms with van der Waals surface area (Å²) in [7, 11) is 0. The Kier molecular flexibility index (Phi) is 6.68. The third-order valence-corrected chi connectivity index (χ3v) is 4.96. The standard InChI is InChI=1S/C22H34N2O3/c1-14(2)19(21(26)24-12-15(3)27-16(4)13-24)23-20(25)17-8-10-18(11-9-17)22(5,6)7/h8-11,14-16,19H,12-13H2,1-7H3,(H,23,25). The third-order valence-electron chi connectivity index (χ3n) is 4.96. The Morgan fingerprint density at radius 1 is 1.07 bits per heavy atom. The first-order valence-electron chi connectivity index (χ1n) is 9.84. The maximum atomic E-state index is 13.0. The maximum Gasteiger partial charge on any atom is 0.251 e. The zero-order valence-corrected chi connectivity index (χ0v) is 17.7. The smallest absolute Gasteiger partial charge is 0.251 e. The van der Waals surface area contributed by atoms with E-state index in [0.29, 0.717) is 18.7 Å². The average Bonchev–Trinajstić information content (AvgIpc) is 2.57. The summed E-state index contributed by atoms with van der Waals surface area (Å²) >= 11 is 0. The van der Waals surface area contributed by atoms with Gasteiger partial charge in [-0.25, -0.2) is 0 Å². The van der Waals surface area contributed by atoms with Crippen molar-refractivity contribution >= 4 is 11.8 Å². The molecule has 0 aromatic heterocycles. The van der Waals surface area contributed by atoms with Crippen LogP contribution in [0.15, 0.2) is 24.3 Å². The van der Waals surface area contributed by atoms with E-state index < -0.39 is 6.04 Å². The monoisotopic (exact) mass is 374 g/mol. The molecule has 1 fully saturated rings. The molecule has 5 nitrogen and oxygen atoms in total. The van der Waals surface area contributed by atoms with Gasteiger partial charge in [-0.15, -0.1) is 0 Å². The summed E-state index contributed by atoms with van der Waals surface area (Å²) in [5.41, 5.74) is 1.78. The third kappa shape index (κ3) is 5.55. The van der Waals surface area contributed by atoms with Crippen LogP contribution in [-0.2, 0) is 14.9 Å². The Morgan fingerprint density at radius 3 is 2.04 bits per heavy atom. The molecule has 150 valence electrons. The molecule has 0 saturated carbocycles. The lowest BCUT2D eigenvalue weighted by Gasteiger charge is -2.38. The largest absolute Gasteiger partial charge is 0.372 e. The molecule has 3 unspecified atom stereocenters. The number of hydrogen-bond donors (Lipinski definition) is 1. The summed E-state index contributed by atoms with van der Waals surface area (Å²) in [6.07, 6.45) is 0.0114. The van der Waals surface area contributed by atoms with E-state index in [1.807, 2.05) is 56.9 Å². The highest BCUT2D eigenvalue weighted by atomic mass is 16.5. The number of nitrogens with one attached hydrogen (secondary N) is 1. The molecular weight excluding hydrogens is 340 g/mol. The van der Waals surface area contributed by atoms with Gasteiger partial charge in [-0.1, -0.05) is 46.8 Å². The van der Waals surface area contributed by atoms with Gasteiger partial charge in [-0.2, -0.15) is 0 Å². The lowest BCUT2D eigenvalue weighted by molar-refractivity contribution is -0.146. The second-order valence-electron chi connectivity index (χ2n) is 9.02. The molecule has 3 atom stereocenters. The topological polar surface area (TPSA) is 58.6 Å². The van der Waals surface area contributed by atoms with Gasteiger partial charge >= 0.3 is 0 Å². The van der Waals surface area contributed by atoms with Gasteiger partial charge in [-0.3, -0.25) is 9.59 Å². The number of carbonyl (C=O) groups is 2. The highest BCUT2D eigenvalue weighted by Gasteiger charge is 2.33. The fraction of sp³-hybridized carbons (Fsp3) is 0.636. The number of rotatable bonds is 4. The molecule has 2 rings (SSSR count). The van der Waals surface area contributed by atoms with Crippen LogP contribution >= 0.6 is 0 Å². The van der Waals surface area contributed by atoms with Crippen molar-refractivity contribution in [3.63, 3.8) is 0 Å². The second kappa shape index (κ2) is 8.42. The van der Waals surface area contributed by atoms with Crippen molar-refractivity contribution in [1.82, 2.24) is 10.2 Å². The van der Waals surface area contributed by atoms with Crippen LogP contribution in [0.1, 0.15) is 64.4 Å². The minimum absolute atomic E-state index is 0.00348. The first-order chi connectivity index (χ1) is 12.5. The van der Waals surface area contributed by atoms with Crippen molar-refractivity contribution < 1.29 is 14.3 Å². The Balaban J connectivity index is 2.11. The minimum atomic E-state index is -0.544. The zero-order chi connectivity index (χ0) is 20.4. The van der Waals surface area contributed by atoms with Crippen molar-refractivity contribution in [2.75, 3.05) is 13.1 Å². The molecule has 0 aliphatic carbocycles. The highest BCUT2D eigenvalue weighted by molar-refractivity contribution is 5.97. The molecule has 1 aromatic carbocycles. The second-order valence-corrected chi connectivity index (χ2v) is 9.02. The predicted octanol–water partition coefficient (Wildman–Crippen LogP) is 3.37. The first kappa shape index (κ1) is 21.4. The van der Waals surface area contributed by atoms with Crippen LogP contribution < -0.4 is 5.32 Å². The van der Waals surface area contributed by atoms with Gasteiger partial charge in [0.25, 0.3) is 5.91 Å². The van der Waals surface area contributed by atoms with Gasteiger partial charge in [-0.05, 0) is 42.9 Å². The number of amides is 2. The Bertz CT molecular complexity index is 651. The molecule has 1 aromatic rings. The van der Waals surface area contributed by atoms with Crippen molar-refractivity contribution in [3.8, 4) is 0 Å². The number of benzene rings is 1. The van der Waals surface area contributed by atoms with Crippen molar-refractivity contribution in [2.24, 2.45) is 5.92 Å². The summed E-state index contributed by atoms with van der Waals surface area (Å²) in [5.74, 6) is -0.243. The molecule has 27 heavy (non-hydrogen) atoms. The number of nitrogens with zero attached hydrogens (tertiary/aromatic N) is 1. The molecule has 5 heteroatoms. The quantitative estimate of drug-likeness (QED) is 0.879. The summed E-state index contributed by atoms with van der Waals surface area (Å²) in [6.45, 7) is 15.4. The van der Waals surface area contributed by atoms with Crippen LogP contribution in [0.5, 0.6) is 0 Å². The Hall–Kier alpha value is -1.88. The summed E-state index contributed by atoms with van der Waals surface area (Å²) in [4.78, 5) is 27.6. The van der Waals surface area contributed by atoms with E-state index in [1.54, 1.807) is 0 Å². The SMILES string of the molecule is CC1CN(C(=O)C(NC(=O)c2ccc(C(C)(C)C)cc2)C(C)C)CC(C)O1. The first-order valence-corrected chi connectivity index (χ1v) is 9.84. The van der Waals surface area contributed by atoms with Crippen LogP contribution in [0, 0.1) is 5.92 Å². The predicted molar refractivity (Wildman–Crippen MR) is 108 cm³/mol. The number of carbonyl (C=O) groups excluding carboxylic acids is 2. The summed E-state index contributed by atoms with van der Waals surface area (Å²) < 4.78 is 5.71. The van der Waals surface area contributed by atoms with Gasteiger partial charge in [0, 0.05) is 18.7 Å². The van der Waals surface area contributed by atoms with E-state index in [-0.39, 0.29) is 35.4 Å². The number of ether oxygens (including phenoxy) is 1. The van der Waals surface area contributed by atoms with Crippen LogP contribution in [0.4, 0.5) is 0 Å². The summed E-state index contributed by atoms with van der Waals surface area (Å²) in [5, 5.41) is 2.95. The van der Waals surface area contributed by atoms with E-state index in [1.165, 1.54) is 5.56 Å². The minimum Gasteiger partial charge on any atom is -0.372 e. The molecule has 1 heterocycles. The van der Waals surface area contributed by atoms with Gasteiger partial charge in [0.15, 0.2) is 0 Å². The van der Waals surface area contributed by atoms with E-state index in [4.69, 9.17) is 4.74 Å². The molecule has 1 aliphatic rings. The van der Waals surface area contributed by atoms with E-state index >= 15 is 0 Å². The average molecular weight is 375 g/mol. The highest BCUT2D eigenvalue weighted by Crippen LogP contribution is 2.22. The van der Waals surface area contributed by atoms with Crippen LogP contribution in [-0.4, -0.2) is 48.1 Å². The van der Waals surface area contributed by atoms with Crippen LogP contribution in [0.25, 0.3) is 0 Å². The molecule has 2 amide bonds. The molecular formula is C22H34N2O3. The summed E-state index contributed by atoms with van der Waals surface area (Å²) in [6, 6.07) is 7.07. The molecule has 0 bridgehead atoms. The van der Waals surface area contributed by atoms with Crippen molar-refractivity contribution in [3.05, 3.63) is 35.4 Å². The van der Waals surface area contributed by atoms with Crippen molar-refractivity contribution in [1.29, 1.82) is 0 Å². The normalized spacial score (nSPS) is 21.9. The Morgan fingerprint density at radius 2 is 1.59 bits per heavy atom. The van der Waals surface area contributed by atoms with Gasteiger partial charge in [0.05, 0.1) is 12.2 Å². The lowest BCUT2D eigenvalue weighted by Crippen LogP contribution is -2.56. The number of morpholine rings is 1. The lowest BCUT2D eigenvalue weighted by atomic mass is 9.86. The molecule has 1 aliphatic heterocycles. The van der Waals surface area contributed by atoms with E-state index in [0.717, 1.165) is 0 Å². The van der Waals surface area contributed by atoms with E-state index in [9.17, 15) is 9.59 Å². The molecule has 0 radical (unpaired) electrons. The van der Waals surface area contributed by atoms with Gasteiger partial charge < -0.3 is 15.0 Å². The molecule has 0 spiro atoms. The Labute approximate surface area is 163 Å². The molecule has 1 saturated heterocycles. The zero-order valence-electron chi connectivity index (χ0n) is 17.7. The van der Waals surface area contributed by atoms with Crippen LogP contribution in [0.3, 0.4) is 0 Å². The van der Waals surface area contributed by atoms with Gasteiger partial charge in [0.2, 0.25) is 5.91 Å². The van der Waals surface area contributed by atoms with Gasteiger partial charge in [0.1, 0.15) is 6.04 Å². The fourth-order valence-electron chi connectivity index (χ4n) is 3.41. The van der Waals surface area contributed by atoms with Crippen LogP contribution in [0.2, 0.25) is 0 Å².